The van der Waals surface area contributed by atoms with Gasteiger partial charge in [0.2, 0.25) is 0 Å². The zero-order valence-corrected chi connectivity index (χ0v) is 25.3. The Hall–Kier alpha value is -5.78. The molecule has 45 heavy (non-hydrogen) atoms. The van der Waals surface area contributed by atoms with Crippen molar-refractivity contribution in [2.45, 2.75) is 0 Å². The molecule has 8 aromatic rings. The number of para-hydroxylation sites is 2. The summed E-state index contributed by atoms with van der Waals surface area (Å²) in [6, 6.07) is 51.5. The number of anilines is 3. The minimum absolute atomic E-state index is 0.993. The van der Waals surface area contributed by atoms with E-state index in [9.17, 15) is 0 Å². The molecule has 210 valence electrons. The van der Waals surface area contributed by atoms with Crippen LogP contribution >= 0.6 is 0 Å². The molecule has 0 aliphatic carbocycles. The second-order valence-electron chi connectivity index (χ2n) is 11.8. The molecule has 0 radical (unpaired) electrons. The fraction of sp³-hybridized carbons (Fsp3) is 0. The quantitative estimate of drug-likeness (QED) is 0.210. The number of hydrogen-bond acceptors (Lipinski definition) is 3. The molecule has 2 aliphatic heterocycles. The minimum atomic E-state index is -2.59. The zero-order valence-electron chi connectivity index (χ0n) is 24.3. The van der Waals surface area contributed by atoms with Gasteiger partial charge < -0.3 is 9.47 Å². The smallest absolute Gasteiger partial charge is 0.185 e. The summed E-state index contributed by atoms with van der Waals surface area (Å²) in [4.78, 5) is 11.7. The van der Waals surface area contributed by atoms with Crippen LogP contribution in [0.5, 0.6) is 0 Å². The third-order valence-electron chi connectivity index (χ3n) is 9.72. The van der Waals surface area contributed by atoms with Crippen LogP contribution in [0.15, 0.2) is 158 Å². The molecule has 5 heteroatoms. The van der Waals surface area contributed by atoms with E-state index in [-0.39, 0.29) is 0 Å². The van der Waals surface area contributed by atoms with Crippen molar-refractivity contribution in [3.8, 4) is 16.8 Å². The average molecular weight is 591 g/mol. The molecular weight excluding hydrogens is 565 g/mol. The van der Waals surface area contributed by atoms with Crippen molar-refractivity contribution < 1.29 is 0 Å². The van der Waals surface area contributed by atoms with Crippen molar-refractivity contribution in [1.29, 1.82) is 0 Å². The number of hydrogen-bond donors (Lipinski definition) is 0. The van der Waals surface area contributed by atoms with Crippen LogP contribution in [-0.4, -0.2) is 22.6 Å². The number of aromatic nitrogens is 3. The molecule has 10 rings (SSSR count). The lowest BCUT2D eigenvalue weighted by Gasteiger charge is -2.43. The third kappa shape index (κ3) is 3.15. The van der Waals surface area contributed by atoms with Gasteiger partial charge >= 0.3 is 0 Å². The Kier molecular flexibility index (Phi) is 4.99. The van der Waals surface area contributed by atoms with Gasteiger partial charge in [-0.1, -0.05) is 84.9 Å². The first-order valence-corrected chi connectivity index (χ1v) is 17.3. The Morgan fingerprint density at radius 1 is 0.489 bits per heavy atom. The summed E-state index contributed by atoms with van der Waals surface area (Å²) in [5.74, 6) is 0. The van der Waals surface area contributed by atoms with Crippen LogP contribution in [0, 0.1) is 0 Å². The summed E-state index contributed by atoms with van der Waals surface area (Å²) in [5.41, 5.74) is 10.5. The van der Waals surface area contributed by atoms with E-state index in [0.717, 1.165) is 33.3 Å². The topological polar surface area (TPSA) is 34.0 Å². The first-order valence-electron chi connectivity index (χ1n) is 15.3. The zero-order chi connectivity index (χ0) is 29.5. The van der Waals surface area contributed by atoms with Crippen molar-refractivity contribution in [3.63, 3.8) is 0 Å². The molecule has 0 unspecified atom stereocenters. The summed E-state index contributed by atoms with van der Waals surface area (Å²) in [6.07, 6.45) is 5.62. The highest BCUT2D eigenvalue weighted by molar-refractivity contribution is 7.23. The van der Waals surface area contributed by atoms with E-state index in [1.807, 2.05) is 30.7 Å². The fourth-order valence-electron chi connectivity index (χ4n) is 8.06. The normalized spacial score (nSPS) is 13.9. The molecular formula is C40H26N4Si. The molecule has 1 spiro atoms. The van der Waals surface area contributed by atoms with Gasteiger partial charge in [-0.05, 0) is 86.5 Å². The third-order valence-corrected chi connectivity index (χ3v) is 14.7. The summed E-state index contributed by atoms with van der Waals surface area (Å²) >= 11 is 0. The molecule has 0 fully saturated rings. The number of nitrogens with zero attached hydrogens (tertiary/aromatic N) is 4. The van der Waals surface area contributed by atoms with Crippen LogP contribution in [-0.2, 0) is 0 Å². The van der Waals surface area contributed by atoms with E-state index in [0.29, 0.717) is 0 Å². The predicted octanol–water partition coefficient (Wildman–Crippen LogP) is 6.71. The molecule has 4 nitrogen and oxygen atoms in total. The van der Waals surface area contributed by atoms with Gasteiger partial charge in [0.05, 0.1) is 28.4 Å². The van der Waals surface area contributed by atoms with Gasteiger partial charge in [0.15, 0.2) is 8.07 Å². The van der Waals surface area contributed by atoms with Gasteiger partial charge in [-0.25, -0.2) is 0 Å². The van der Waals surface area contributed by atoms with E-state index in [1.54, 1.807) is 0 Å². The maximum absolute atomic E-state index is 4.81. The summed E-state index contributed by atoms with van der Waals surface area (Å²) in [6.45, 7) is 0. The summed E-state index contributed by atoms with van der Waals surface area (Å²) in [7, 11) is -2.59. The van der Waals surface area contributed by atoms with Crippen molar-refractivity contribution in [2.24, 2.45) is 0 Å². The van der Waals surface area contributed by atoms with Crippen LogP contribution < -0.4 is 25.6 Å². The van der Waals surface area contributed by atoms with Gasteiger partial charge in [-0.3, -0.25) is 9.97 Å². The lowest BCUT2D eigenvalue weighted by molar-refractivity contribution is 1.14. The summed E-state index contributed by atoms with van der Waals surface area (Å²) in [5, 5.41) is 6.93. The molecule has 3 aromatic heterocycles. The van der Waals surface area contributed by atoms with Crippen molar-refractivity contribution in [1.82, 2.24) is 14.5 Å². The minimum Gasteiger partial charge on any atom is -0.311 e. The van der Waals surface area contributed by atoms with E-state index >= 15 is 0 Å². The molecule has 0 bridgehead atoms. The van der Waals surface area contributed by atoms with Crippen molar-refractivity contribution in [2.75, 3.05) is 4.90 Å². The summed E-state index contributed by atoms with van der Waals surface area (Å²) < 4.78 is 2.29. The largest absolute Gasteiger partial charge is 0.311 e. The average Bonchev–Trinajstić information content (AvgIpc) is 3.60. The van der Waals surface area contributed by atoms with Crippen LogP contribution in [0.3, 0.4) is 0 Å². The van der Waals surface area contributed by atoms with E-state index in [4.69, 9.17) is 4.98 Å². The molecule has 0 atom stereocenters. The van der Waals surface area contributed by atoms with E-state index in [1.165, 1.54) is 43.2 Å². The number of fused-ring (bicyclic) bond motifs is 12. The van der Waals surface area contributed by atoms with Crippen LogP contribution in [0.25, 0.3) is 38.8 Å². The molecule has 5 heterocycles. The standard InChI is InChI=1S/C40H26N4Si/c1-5-17-36-29(12-1)30-13-2-6-18-37(30)45(36)38-19-7-3-14-32(38)43(33-15-4-8-20-39(33)45)27-21-22-31-35(25-27)44(28-11-9-23-41-26-28)34-16-10-24-42-40(31)34/h1-26H. The van der Waals surface area contributed by atoms with Crippen LogP contribution in [0.2, 0.25) is 0 Å². The van der Waals surface area contributed by atoms with Crippen LogP contribution in [0.4, 0.5) is 17.1 Å². The fourth-order valence-corrected chi connectivity index (χ4v) is 13.6. The van der Waals surface area contributed by atoms with Crippen LogP contribution in [0.1, 0.15) is 0 Å². The Balaban J connectivity index is 1.29. The highest BCUT2D eigenvalue weighted by atomic mass is 28.3. The number of benzene rings is 5. The molecule has 0 saturated carbocycles. The lowest BCUT2D eigenvalue weighted by Crippen LogP contribution is -2.75. The highest BCUT2D eigenvalue weighted by Crippen LogP contribution is 2.43. The predicted molar refractivity (Wildman–Crippen MR) is 187 cm³/mol. The monoisotopic (exact) mass is 590 g/mol. The highest BCUT2D eigenvalue weighted by Gasteiger charge is 2.53. The van der Waals surface area contributed by atoms with Gasteiger partial charge in [0.25, 0.3) is 0 Å². The Labute approximate surface area is 261 Å². The Morgan fingerprint density at radius 2 is 1.11 bits per heavy atom. The Morgan fingerprint density at radius 3 is 1.78 bits per heavy atom. The van der Waals surface area contributed by atoms with Gasteiger partial charge in [0.1, 0.15) is 0 Å². The second kappa shape index (κ2) is 9.11. The number of pyridine rings is 2. The van der Waals surface area contributed by atoms with Crippen molar-refractivity contribution in [3.05, 3.63) is 158 Å². The first kappa shape index (κ1) is 24.6. The van der Waals surface area contributed by atoms with E-state index < -0.39 is 8.07 Å². The maximum atomic E-state index is 4.81. The SMILES string of the molecule is c1cncc(-n2c3cc(N4c5ccccc5[Si]5(c6ccccc6-c6ccccc65)c5ccccc54)ccc3c3ncccc32)c1. The molecule has 0 saturated heterocycles. The lowest BCUT2D eigenvalue weighted by atomic mass is 10.1. The van der Waals surface area contributed by atoms with Gasteiger partial charge in [-0.2, -0.15) is 0 Å². The Bertz CT molecular complexity index is 2370. The van der Waals surface area contributed by atoms with E-state index in [2.05, 4.69) is 142 Å². The van der Waals surface area contributed by atoms with Gasteiger partial charge in [0, 0.05) is 34.8 Å². The molecule has 0 N–H and O–H groups in total. The number of rotatable bonds is 2. The van der Waals surface area contributed by atoms with Crippen molar-refractivity contribution >= 4 is 67.8 Å². The maximum Gasteiger partial charge on any atom is 0.185 e. The molecule has 5 aromatic carbocycles. The second-order valence-corrected chi connectivity index (χ2v) is 15.5. The molecule has 2 aliphatic rings. The molecule has 0 amide bonds. The first-order chi connectivity index (χ1) is 22.4. The van der Waals surface area contributed by atoms with Gasteiger partial charge in [-0.15, -0.1) is 0 Å².